The molecular weight excluding hydrogens is 411 g/mol. The van der Waals surface area contributed by atoms with Gasteiger partial charge in [-0.15, -0.1) is 11.3 Å². The first-order chi connectivity index (χ1) is 14.5. The van der Waals surface area contributed by atoms with Gasteiger partial charge in [-0.25, -0.2) is 4.98 Å². The average Bonchev–Trinajstić information content (AvgIpc) is 3.24. The number of thiazole rings is 1. The summed E-state index contributed by atoms with van der Waals surface area (Å²) >= 11 is 1.42. The molecule has 1 saturated heterocycles. The van der Waals surface area contributed by atoms with Crippen molar-refractivity contribution in [1.29, 1.82) is 0 Å². The van der Waals surface area contributed by atoms with Crippen LogP contribution in [-0.4, -0.2) is 34.6 Å². The van der Waals surface area contributed by atoms with Gasteiger partial charge in [0.2, 0.25) is 0 Å². The first kappa shape index (κ1) is 20.8. The van der Waals surface area contributed by atoms with Crippen LogP contribution in [0.25, 0.3) is 10.7 Å². The number of pyridine rings is 1. The molecule has 0 aliphatic carbocycles. The molecule has 2 aromatic heterocycles. The van der Waals surface area contributed by atoms with Crippen LogP contribution >= 0.6 is 11.3 Å². The predicted molar refractivity (Wildman–Crippen MR) is 110 cm³/mol. The third-order valence-electron chi connectivity index (χ3n) is 5.18. The number of aromatic nitrogens is 2. The third kappa shape index (κ3) is 4.99. The molecule has 0 N–H and O–H groups in total. The van der Waals surface area contributed by atoms with Crippen molar-refractivity contribution in [2.45, 2.75) is 31.5 Å². The number of likely N-dealkylation sites (tertiary alicyclic amines) is 1. The van der Waals surface area contributed by atoms with Crippen LogP contribution in [0, 0.1) is 0 Å². The minimum absolute atomic E-state index is 0.192. The van der Waals surface area contributed by atoms with Crippen LogP contribution in [0.1, 0.15) is 36.6 Å². The largest absolute Gasteiger partial charge is 0.492 e. The molecule has 0 amide bonds. The number of rotatable bonds is 6. The highest BCUT2D eigenvalue weighted by Gasteiger charge is 2.31. The van der Waals surface area contributed by atoms with E-state index in [4.69, 9.17) is 9.72 Å². The van der Waals surface area contributed by atoms with Gasteiger partial charge < -0.3 is 4.74 Å². The van der Waals surface area contributed by atoms with Crippen molar-refractivity contribution < 1.29 is 17.9 Å². The van der Waals surface area contributed by atoms with Crippen LogP contribution in [0.5, 0.6) is 5.75 Å². The van der Waals surface area contributed by atoms with Gasteiger partial charge in [-0.1, -0.05) is 24.6 Å². The lowest BCUT2D eigenvalue weighted by Crippen LogP contribution is -2.36. The zero-order valence-corrected chi connectivity index (χ0v) is 17.1. The SMILES string of the molecule is FC(F)(F)c1ccc(-c2nc([C@H]3CCCCN3CCOc3ccccc3)cs2)nc1. The molecule has 3 heterocycles. The van der Waals surface area contributed by atoms with E-state index in [2.05, 4.69) is 9.88 Å². The van der Waals surface area contributed by atoms with Crippen LogP contribution in [0.4, 0.5) is 13.2 Å². The van der Waals surface area contributed by atoms with Crippen LogP contribution in [0.2, 0.25) is 0 Å². The molecule has 1 fully saturated rings. The molecule has 1 aliphatic heterocycles. The van der Waals surface area contributed by atoms with Crippen molar-refractivity contribution in [3.05, 3.63) is 65.3 Å². The third-order valence-corrected chi connectivity index (χ3v) is 6.06. The Bertz CT molecular complexity index is 944. The summed E-state index contributed by atoms with van der Waals surface area (Å²) in [6, 6.07) is 12.4. The van der Waals surface area contributed by atoms with Gasteiger partial charge in [0, 0.05) is 18.1 Å². The van der Waals surface area contributed by atoms with Crippen molar-refractivity contribution in [3.63, 3.8) is 0 Å². The van der Waals surface area contributed by atoms with Crippen molar-refractivity contribution in [2.75, 3.05) is 19.7 Å². The minimum atomic E-state index is -4.38. The molecule has 1 aromatic carbocycles. The number of ether oxygens (including phenoxy) is 1. The Balaban J connectivity index is 1.42. The second-order valence-corrected chi connectivity index (χ2v) is 8.07. The summed E-state index contributed by atoms with van der Waals surface area (Å²) in [4.78, 5) is 11.1. The van der Waals surface area contributed by atoms with Gasteiger partial charge in [0.25, 0.3) is 0 Å². The van der Waals surface area contributed by atoms with Crippen LogP contribution < -0.4 is 4.74 Å². The fourth-order valence-corrected chi connectivity index (χ4v) is 4.48. The molecule has 30 heavy (non-hydrogen) atoms. The average molecular weight is 433 g/mol. The zero-order valence-electron chi connectivity index (χ0n) is 16.3. The minimum Gasteiger partial charge on any atom is -0.492 e. The Morgan fingerprint density at radius 2 is 1.93 bits per heavy atom. The molecule has 0 unspecified atom stereocenters. The van der Waals surface area contributed by atoms with E-state index < -0.39 is 11.7 Å². The van der Waals surface area contributed by atoms with Gasteiger partial charge in [0.05, 0.1) is 23.0 Å². The van der Waals surface area contributed by atoms with E-state index in [1.165, 1.54) is 17.4 Å². The maximum absolute atomic E-state index is 12.8. The second kappa shape index (κ2) is 9.14. The summed E-state index contributed by atoms with van der Waals surface area (Å²) in [5, 5.41) is 2.64. The molecule has 4 rings (SSSR count). The number of nitrogens with zero attached hydrogens (tertiary/aromatic N) is 3. The first-order valence-corrected chi connectivity index (χ1v) is 10.8. The van der Waals surface area contributed by atoms with E-state index in [-0.39, 0.29) is 6.04 Å². The van der Waals surface area contributed by atoms with E-state index in [0.29, 0.717) is 17.3 Å². The monoisotopic (exact) mass is 433 g/mol. The summed E-state index contributed by atoms with van der Waals surface area (Å²) < 4.78 is 44.1. The van der Waals surface area contributed by atoms with Gasteiger partial charge in [-0.05, 0) is 43.7 Å². The zero-order chi connectivity index (χ0) is 21.0. The molecule has 158 valence electrons. The van der Waals surface area contributed by atoms with Crippen LogP contribution in [-0.2, 0) is 6.18 Å². The summed E-state index contributed by atoms with van der Waals surface area (Å²) in [6.45, 7) is 2.37. The maximum atomic E-state index is 12.8. The van der Waals surface area contributed by atoms with E-state index in [1.54, 1.807) is 0 Å². The Morgan fingerprint density at radius 1 is 1.10 bits per heavy atom. The highest BCUT2D eigenvalue weighted by atomic mass is 32.1. The molecular formula is C22H22F3N3OS. The molecule has 4 nitrogen and oxygen atoms in total. The highest BCUT2D eigenvalue weighted by molar-refractivity contribution is 7.13. The van der Waals surface area contributed by atoms with Crippen molar-refractivity contribution in [1.82, 2.24) is 14.9 Å². The summed E-state index contributed by atoms with van der Waals surface area (Å²) in [7, 11) is 0. The maximum Gasteiger partial charge on any atom is 0.417 e. The normalized spacial score (nSPS) is 17.8. The lowest BCUT2D eigenvalue weighted by Gasteiger charge is -2.34. The molecule has 0 saturated carbocycles. The number of alkyl halides is 3. The van der Waals surface area contributed by atoms with Crippen LogP contribution in [0.15, 0.2) is 54.0 Å². The second-order valence-electron chi connectivity index (χ2n) is 7.22. The number of hydrogen-bond acceptors (Lipinski definition) is 5. The molecule has 1 aliphatic rings. The fraction of sp³-hybridized carbons (Fsp3) is 0.364. The summed E-state index contributed by atoms with van der Waals surface area (Å²) in [5.41, 5.74) is 0.671. The summed E-state index contributed by atoms with van der Waals surface area (Å²) in [6.07, 6.45) is -0.241. The van der Waals surface area contributed by atoms with Crippen molar-refractivity contribution in [2.24, 2.45) is 0 Å². The Morgan fingerprint density at radius 3 is 2.67 bits per heavy atom. The van der Waals surface area contributed by atoms with Gasteiger partial charge in [-0.2, -0.15) is 13.2 Å². The molecule has 8 heteroatoms. The molecule has 0 radical (unpaired) electrons. The highest BCUT2D eigenvalue weighted by Crippen LogP contribution is 2.34. The van der Waals surface area contributed by atoms with Crippen molar-refractivity contribution >= 4 is 11.3 Å². The molecule has 0 spiro atoms. The fourth-order valence-electron chi connectivity index (χ4n) is 3.64. The van der Waals surface area contributed by atoms with Crippen LogP contribution in [0.3, 0.4) is 0 Å². The van der Waals surface area contributed by atoms with E-state index in [0.717, 1.165) is 56.1 Å². The lowest BCUT2D eigenvalue weighted by molar-refractivity contribution is -0.137. The standard InChI is InChI=1S/C22H22F3N3OS/c23-22(24,25)16-9-10-18(26-14-16)21-27-19(15-30-21)20-8-4-5-11-28(20)12-13-29-17-6-2-1-3-7-17/h1-3,6-7,9-10,14-15,20H,4-5,8,11-13H2/t20-/m1/s1. The number of piperidine rings is 1. The molecule has 0 bridgehead atoms. The number of para-hydroxylation sites is 1. The predicted octanol–water partition coefficient (Wildman–Crippen LogP) is 5.83. The summed E-state index contributed by atoms with van der Waals surface area (Å²) in [5.74, 6) is 0.857. The first-order valence-electron chi connectivity index (χ1n) is 9.91. The van der Waals surface area contributed by atoms with E-state index in [9.17, 15) is 13.2 Å². The van der Waals surface area contributed by atoms with Gasteiger partial charge in [0.15, 0.2) is 0 Å². The van der Waals surface area contributed by atoms with Crippen molar-refractivity contribution in [3.8, 4) is 16.5 Å². The lowest BCUT2D eigenvalue weighted by atomic mass is 10.00. The van der Waals surface area contributed by atoms with Gasteiger partial charge in [0.1, 0.15) is 17.4 Å². The van der Waals surface area contributed by atoms with E-state index >= 15 is 0 Å². The quantitative estimate of drug-likeness (QED) is 0.490. The number of hydrogen-bond donors (Lipinski definition) is 0. The number of benzene rings is 1. The smallest absolute Gasteiger partial charge is 0.417 e. The van der Waals surface area contributed by atoms with E-state index in [1.807, 2.05) is 35.7 Å². The van der Waals surface area contributed by atoms with Gasteiger partial charge in [-0.3, -0.25) is 9.88 Å². The Hall–Kier alpha value is -2.45. The molecule has 3 aromatic rings. The molecule has 1 atom stereocenters. The topological polar surface area (TPSA) is 38.2 Å². The van der Waals surface area contributed by atoms with Gasteiger partial charge >= 0.3 is 6.18 Å². The number of halogens is 3. The Labute approximate surface area is 177 Å². The Kier molecular flexibility index (Phi) is 6.34.